The molecule has 0 saturated carbocycles. The van der Waals surface area contributed by atoms with E-state index in [2.05, 4.69) is 15.0 Å². The molecule has 0 aliphatic heterocycles. The van der Waals surface area contributed by atoms with Crippen LogP contribution in [-0.2, 0) is 0 Å². The number of rotatable bonds is 3. The quantitative estimate of drug-likeness (QED) is 0.769. The van der Waals surface area contributed by atoms with E-state index in [1.807, 2.05) is 0 Å². The van der Waals surface area contributed by atoms with Gasteiger partial charge in [-0.2, -0.15) is 0 Å². The van der Waals surface area contributed by atoms with Crippen LogP contribution in [0.2, 0.25) is 5.02 Å². The summed E-state index contributed by atoms with van der Waals surface area (Å²) < 4.78 is 5.09. The second kappa shape index (κ2) is 5.77. The number of methoxy groups -OCH3 is 1. The van der Waals surface area contributed by atoms with Gasteiger partial charge in [0.2, 0.25) is 0 Å². The van der Waals surface area contributed by atoms with Crippen LogP contribution in [0.15, 0.2) is 35.1 Å². The molecule has 0 unspecified atom stereocenters. The van der Waals surface area contributed by atoms with Gasteiger partial charge in [0.05, 0.1) is 17.6 Å². The number of amides is 1. The number of H-pyrrole nitrogens is 2. The van der Waals surface area contributed by atoms with Crippen LogP contribution >= 0.6 is 11.6 Å². The van der Waals surface area contributed by atoms with Crippen molar-refractivity contribution in [2.24, 2.45) is 0 Å². The van der Waals surface area contributed by atoms with E-state index in [-0.39, 0.29) is 17.3 Å². The molecule has 0 aliphatic carbocycles. The molecule has 1 amide bonds. The van der Waals surface area contributed by atoms with Crippen LogP contribution in [0.5, 0.6) is 5.75 Å². The van der Waals surface area contributed by atoms with Gasteiger partial charge >= 0.3 is 5.69 Å². The Morgan fingerprint density at radius 1 is 1.26 bits per heavy atom. The topological polar surface area (TPSA) is 91.1 Å². The fourth-order valence-electron chi connectivity index (χ4n) is 2.19. The van der Waals surface area contributed by atoms with E-state index in [4.69, 9.17) is 16.3 Å². The molecular formula is C15H13ClN4O3. The Hall–Kier alpha value is -2.80. The number of imidazole rings is 1. The fourth-order valence-corrected chi connectivity index (χ4v) is 2.44. The number of hydrogen-bond acceptors (Lipinski definition) is 4. The largest absolute Gasteiger partial charge is 0.495 e. The van der Waals surface area contributed by atoms with Crippen molar-refractivity contribution in [3.63, 3.8) is 0 Å². The minimum Gasteiger partial charge on any atom is -0.495 e. The Kier molecular flexibility index (Phi) is 3.79. The standard InChI is InChI=1S/C15H13ClN4O3/c1-20(8-3-6-12(23-2)9(16)7-8)14(21)11-5-4-10-13(17-11)19-15(22)18-10/h3-7H,1-2H3,(H2,17,18,19,22). The number of anilines is 1. The highest BCUT2D eigenvalue weighted by molar-refractivity contribution is 6.32. The summed E-state index contributed by atoms with van der Waals surface area (Å²) in [5.41, 5.74) is 1.32. The number of pyridine rings is 1. The normalized spacial score (nSPS) is 10.7. The molecule has 7 nitrogen and oxygen atoms in total. The van der Waals surface area contributed by atoms with Crippen molar-refractivity contribution < 1.29 is 9.53 Å². The lowest BCUT2D eigenvalue weighted by molar-refractivity contribution is 0.0988. The van der Waals surface area contributed by atoms with Gasteiger partial charge in [-0.25, -0.2) is 9.78 Å². The third kappa shape index (κ3) is 2.78. The smallest absolute Gasteiger partial charge is 0.325 e. The van der Waals surface area contributed by atoms with E-state index in [0.29, 0.717) is 27.6 Å². The number of nitrogens with one attached hydrogen (secondary N) is 2. The number of aromatic nitrogens is 3. The molecule has 0 fully saturated rings. The molecule has 0 aliphatic rings. The van der Waals surface area contributed by atoms with Crippen LogP contribution < -0.4 is 15.3 Å². The molecule has 118 valence electrons. The number of hydrogen-bond donors (Lipinski definition) is 2. The molecule has 23 heavy (non-hydrogen) atoms. The van der Waals surface area contributed by atoms with E-state index in [1.165, 1.54) is 12.0 Å². The van der Waals surface area contributed by atoms with E-state index >= 15 is 0 Å². The molecule has 1 aromatic carbocycles. The van der Waals surface area contributed by atoms with Gasteiger partial charge in [-0.1, -0.05) is 11.6 Å². The summed E-state index contributed by atoms with van der Waals surface area (Å²) in [5.74, 6) is 0.205. The summed E-state index contributed by atoms with van der Waals surface area (Å²) >= 11 is 6.08. The minimum absolute atomic E-state index is 0.210. The van der Waals surface area contributed by atoms with Crippen molar-refractivity contribution in [1.29, 1.82) is 0 Å². The first-order valence-electron chi connectivity index (χ1n) is 6.70. The molecule has 2 N–H and O–H groups in total. The molecule has 8 heteroatoms. The third-order valence-corrected chi connectivity index (χ3v) is 3.72. The van der Waals surface area contributed by atoms with Crippen molar-refractivity contribution in [2.45, 2.75) is 0 Å². The highest BCUT2D eigenvalue weighted by atomic mass is 35.5. The second-order valence-electron chi connectivity index (χ2n) is 4.85. The fraction of sp³-hybridized carbons (Fsp3) is 0.133. The summed E-state index contributed by atoms with van der Waals surface area (Å²) in [6, 6.07) is 8.22. The van der Waals surface area contributed by atoms with Gasteiger partial charge in [0.15, 0.2) is 5.65 Å². The van der Waals surface area contributed by atoms with Gasteiger partial charge in [-0.05, 0) is 30.3 Å². The number of carbonyl (C=O) groups is 1. The molecule has 0 spiro atoms. The molecule has 0 radical (unpaired) electrons. The monoisotopic (exact) mass is 332 g/mol. The first-order valence-corrected chi connectivity index (χ1v) is 7.08. The van der Waals surface area contributed by atoms with Gasteiger partial charge in [-0.15, -0.1) is 0 Å². The number of carbonyl (C=O) groups excluding carboxylic acids is 1. The third-order valence-electron chi connectivity index (χ3n) is 3.42. The Morgan fingerprint density at radius 2 is 2.04 bits per heavy atom. The van der Waals surface area contributed by atoms with Crippen molar-refractivity contribution in [3.05, 3.63) is 51.5 Å². The summed E-state index contributed by atoms with van der Waals surface area (Å²) in [7, 11) is 3.14. The van der Waals surface area contributed by atoms with Crippen molar-refractivity contribution >= 4 is 34.4 Å². The lowest BCUT2D eigenvalue weighted by Gasteiger charge is -2.17. The molecule has 0 saturated heterocycles. The van der Waals surface area contributed by atoms with Crippen LogP contribution in [0, 0.1) is 0 Å². The van der Waals surface area contributed by atoms with E-state index in [1.54, 1.807) is 37.4 Å². The van der Waals surface area contributed by atoms with Crippen LogP contribution in [0.25, 0.3) is 11.2 Å². The molecule has 0 bridgehead atoms. The SMILES string of the molecule is COc1ccc(N(C)C(=O)c2ccc3[nH]c(=O)[nH]c3n2)cc1Cl. The van der Waals surface area contributed by atoms with Crippen molar-refractivity contribution in [1.82, 2.24) is 15.0 Å². The Balaban J connectivity index is 1.94. The van der Waals surface area contributed by atoms with Crippen LogP contribution in [0.1, 0.15) is 10.5 Å². The van der Waals surface area contributed by atoms with Crippen molar-refractivity contribution in [2.75, 3.05) is 19.1 Å². The van der Waals surface area contributed by atoms with Gasteiger partial charge < -0.3 is 14.6 Å². The molecule has 3 rings (SSSR count). The van der Waals surface area contributed by atoms with E-state index < -0.39 is 0 Å². The van der Waals surface area contributed by atoms with Gasteiger partial charge in [0.25, 0.3) is 5.91 Å². The second-order valence-corrected chi connectivity index (χ2v) is 5.26. The van der Waals surface area contributed by atoms with Crippen LogP contribution in [0.3, 0.4) is 0 Å². The van der Waals surface area contributed by atoms with Crippen LogP contribution in [0.4, 0.5) is 5.69 Å². The van der Waals surface area contributed by atoms with Gasteiger partial charge in [-0.3, -0.25) is 9.78 Å². The zero-order chi connectivity index (χ0) is 16.6. The number of benzene rings is 1. The average Bonchev–Trinajstić information content (AvgIpc) is 2.92. The minimum atomic E-state index is -0.368. The first kappa shape index (κ1) is 15.1. The summed E-state index contributed by atoms with van der Waals surface area (Å²) in [4.78, 5) is 34.5. The predicted molar refractivity (Wildman–Crippen MR) is 87.5 cm³/mol. The Morgan fingerprint density at radius 3 is 2.74 bits per heavy atom. The zero-order valence-corrected chi connectivity index (χ0v) is 13.1. The summed E-state index contributed by atoms with van der Waals surface area (Å²) in [6.07, 6.45) is 0. The predicted octanol–water partition coefficient (Wildman–Crippen LogP) is 2.19. The van der Waals surface area contributed by atoms with E-state index in [0.717, 1.165) is 0 Å². The lowest BCUT2D eigenvalue weighted by atomic mass is 10.2. The molecular weight excluding hydrogens is 320 g/mol. The highest BCUT2D eigenvalue weighted by Crippen LogP contribution is 2.29. The number of ether oxygens (including phenoxy) is 1. The summed E-state index contributed by atoms with van der Waals surface area (Å²) in [5, 5.41) is 0.406. The number of nitrogens with zero attached hydrogens (tertiary/aromatic N) is 2. The lowest BCUT2D eigenvalue weighted by Crippen LogP contribution is -2.27. The summed E-state index contributed by atoms with van der Waals surface area (Å²) in [6.45, 7) is 0. The molecule has 3 aromatic rings. The van der Waals surface area contributed by atoms with Crippen LogP contribution in [-0.4, -0.2) is 35.0 Å². The molecule has 2 aromatic heterocycles. The number of halogens is 1. The Labute approximate surface area is 135 Å². The zero-order valence-electron chi connectivity index (χ0n) is 12.4. The Bertz CT molecular complexity index is 947. The van der Waals surface area contributed by atoms with Gasteiger partial charge in [0, 0.05) is 12.7 Å². The van der Waals surface area contributed by atoms with Gasteiger partial charge in [0.1, 0.15) is 11.4 Å². The number of aromatic amines is 2. The molecule has 2 heterocycles. The first-order chi connectivity index (χ1) is 11.0. The highest BCUT2D eigenvalue weighted by Gasteiger charge is 2.17. The van der Waals surface area contributed by atoms with E-state index in [9.17, 15) is 9.59 Å². The maximum Gasteiger partial charge on any atom is 0.325 e. The van der Waals surface area contributed by atoms with Crippen molar-refractivity contribution in [3.8, 4) is 5.75 Å². The maximum atomic E-state index is 12.5. The molecule has 0 atom stereocenters. The average molecular weight is 333 g/mol. The maximum absolute atomic E-state index is 12.5. The number of fused-ring (bicyclic) bond motifs is 1.